The van der Waals surface area contributed by atoms with Crippen LogP contribution in [-0.2, 0) is 23.1 Å². The van der Waals surface area contributed by atoms with Crippen LogP contribution in [-0.4, -0.2) is 19.0 Å². The lowest BCUT2D eigenvalue weighted by Crippen LogP contribution is -2.09. The van der Waals surface area contributed by atoms with E-state index in [1.165, 1.54) is 6.33 Å². The largest absolute Gasteiger partial charge is 0.398 e. The molecule has 0 aliphatic heterocycles. The molecule has 2 N–H and O–H groups in total. The monoisotopic (exact) mass is 278 g/mol. The van der Waals surface area contributed by atoms with Crippen LogP contribution in [0.15, 0.2) is 29.4 Å². The zero-order valence-corrected chi connectivity index (χ0v) is 12.0. The van der Waals surface area contributed by atoms with Crippen molar-refractivity contribution < 1.29 is 4.21 Å². The molecule has 2 aromatic rings. The SMILES string of the molecule is CCCn1ncnc1CS(=O)c1cccc(C)c1N. The lowest BCUT2D eigenvalue weighted by Gasteiger charge is -2.08. The van der Waals surface area contributed by atoms with Crippen LogP contribution >= 0.6 is 0 Å². The van der Waals surface area contributed by atoms with Crippen LogP contribution in [0.3, 0.4) is 0 Å². The summed E-state index contributed by atoms with van der Waals surface area (Å²) in [7, 11) is -1.20. The van der Waals surface area contributed by atoms with Gasteiger partial charge in [-0.15, -0.1) is 0 Å². The first-order valence-electron chi connectivity index (χ1n) is 6.23. The van der Waals surface area contributed by atoms with Gasteiger partial charge in [-0.25, -0.2) is 9.67 Å². The average Bonchev–Trinajstić information content (AvgIpc) is 2.80. The molecule has 0 aliphatic carbocycles. The molecule has 1 heterocycles. The number of hydrogen-bond acceptors (Lipinski definition) is 4. The van der Waals surface area contributed by atoms with Crippen LogP contribution in [0.4, 0.5) is 5.69 Å². The number of anilines is 1. The van der Waals surface area contributed by atoms with Crippen molar-refractivity contribution in [2.75, 3.05) is 5.73 Å². The highest BCUT2D eigenvalue weighted by atomic mass is 32.2. The van der Waals surface area contributed by atoms with Crippen LogP contribution in [0.25, 0.3) is 0 Å². The average molecular weight is 278 g/mol. The maximum atomic E-state index is 12.4. The maximum Gasteiger partial charge on any atom is 0.139 e. The molecule has 0 bridgehead atoms. The summed E-state index contributed by atoms with van der Waals surface area (Å²) in [6.45, 7) is 4.77. The molecule has 1 aromatic carbocycles. The number of rotatable bonds is 5. The zero-order chi connectivity index (χ0) is 13.8. The second-order valence-electron chi connectivity index (χ2n) is 4.38. The Hall–Kier alpha value is -1.69. The third-order valence-electron chi connectivity index (χ3n) is 2.92. The van der Waals surface area contributed by atoms with Gasteiger partial charge in [-0.2, -0.15) is 5.10 Å². The minimum Gasteiger partial charge on any atom is -0.398 e. The van der Waals surface area contributed by atoms with Gasteiger partial charge in [-0.1, -0.05) is 19.1 Å². The Bertz CT molecular complexity index is 594. The summed E-state index contributed by atoms with van der Waals surface area (Å²) >= 11 is 0. The number of hydrogen-bond donors (Lipinski definition) is 1. The number of nitrogens with two attached hydrogens (primary N) is 1. The predicted octanol–water partition coefficient (Wildman–Crippen LogP) is 1.89. The molecule has 0 radical (unpaired) electrons. The number of nitrogen functional groups attached to an aromatic ring is 1. The molecule has 1 aromatic heterocycles. The van der Waals surface area contributed by atoms with Gasteiger partial charge in [0.15, 0.2) is 0 Å². The molecule has 0 fully saturated rings. The first-order valence-corrected chi connectivity index (χ1v) is 7.55. The van der Waals surface area contributed by atoms with Crippen molar-refractivity contribution in [2.24, 2.45) is 0 Å². The van der Waals surface area contributed by atoms with E-state index in [1.807, 2.05) is 19.1 Å². The summed E-state index contributed by atoms with van der Waals surface area (Å²) < 4.78 is 14.2. The summed E-state index contributed by atoms with van der Waals surface area (Å²) in [5.41, 5.74) is 7.52. The summed E-state index contributed by atoms with van der Waals surface area (Å²) in [4.78, 5) is 4.84. The highest BCUT2D eigenvalue weighted by Gasteiger charge is 2.13. The summed E-state index contributed by atoms with van der Waals surface area (Å²) in [6.07, 6.45) is 2.47. The van der Waals surface area contributed by atoms with Crippen molar-refractivity contribution in [1.29, 1.82) is 0 Å². The molecule has 5 nitrogen and oxygen atoms in total. The second kappa shape index (κ2) is 5.97. The van der Waals surface area contributed by atoms with E-state index in [4.69, 9.17) is 5.73 Å². The summed E-state index contributed by atoms with van der Waals surface area (Å²) in [5, 5.41) is 4.13. The Kier molecular flexibility index (Phi) is 4.31. The van der Waals surface area contributed by atoms with Gasteiger partial charge in [-0.3, -0.25) is 4.21 Å². The minimum atomic E-state index is -1.20. The van der Waals surface area contributed by atoms with Crippen LogP contribution in [0.2, 0.25) is 0 Å². The van der Waals surface area contributed by atoms with E-state index in [2.05, 4.69) is 17.0 Å². The zero-order valence-electron chi connectivity index (χ0n) is 11.2. The van der Waals surface area contributed by atoms with Crippen molar-refractivity contribution in [3.63, 3.8) is 0 Å². The number of nitrogens with zero attached hydrogens (tertiary/aromatic N) is 3. The van der Waals surface area contributed by atoms with E-state index in [1.54, 1.807) is 10.7 Å². The van der Waals surface area contributed by atoms with Gasteiger partial charge in [0.2, 0.25) is 0 Å². The quantitative estimate of drug-likeness (QED) is 0.848. The normalized spacial score (nSPS) is 12.5. The highest BCUT2D eigenvalue weighted by Crippen LogP contribution is 2.21. The van der Waals surface area contributed by atoms with E-state index >= 15 is 0 Å². The van der Waals surface area contributed by atoms with Crippen molar-refractivity contribution in [3.8, 4) is 0 Å². The first-order chi connectivity index (χ1) is 9.13. The van der Waals surface area contributed by atoms with Crippen LogP contribution in [0.5, 0.6) is 0 Å². The number of para-hydroxylation sites is 1. The molecular weight excluding hydrogens is 260 g/mol. The molecule has 2 rings (SSSR count). The van der Waals surface area contributed by atoms with Gasteiger partial charge < -0.3 is 5.73 Å². The summed E-state index contributed by atoms with van der Waals surface area (Å²) in [6, 6.07) is 5.59. The summed E-state index contributed by atoms with van der Waals surface area (Å²) in [5.74, 6) is 1.08. The Morgan fingerprint density at radius 3 is 2.95 bits per heavy atom. The first kappa shape index (κ1) is 13.7. The lowest BCUT2D eigenvalue weighted by molar-refractivity contribution is 0.579. The van der Waals surface area contributed by atoms with Crippen molar-refractivity contribution in [3.05, 3.63) is 35.9 Å². The van der Waals surface area contributed by atoms with E-state index in [0.717, 1.165) is 24.4 Å². The molecule has 0 aliphatic rings. The Balaban J connectivity index is 2.21. The van der Waals surface area contributed by atoms with Gasteiger partial charge in [0.05, 0.1) is 27.1 Å². The molecule has 1 atom stereocenters. The Labute approximate surface area is 115 Å². The highest BCUT2D eigenvalue weighted by molar-refractivity contribution is 7.84. The fraction of sp³-hybridized carbons (Fsp3) is 0.385. The Morgan fingerprint density at radius 2 is 2.21 bits per heavy atom. The van der Waals surface area contributed by atoms with Crippen LogP contribution < -0.4 is 5.73 Å². The molecule has 0 saturated heterocycles. The van der Waals surface area contributed by atoms with Gasteiger partial charge in [0, 0.05) is 6.54 Å². The Morgan fingerprint density at radius 1 is 1.42 bits per heavy atom. The maximum absolute atomic E-state index is 12.4. The number of benzene rings is 1. The van der Waals surface area contributed by atoms with E-state index < -0.39 is 10.8 Å². The molecule has 1 unspecified atom stereocenters. The second-order valence-corrected chi connectivity index (χ2v) is 5.80. The number of aryl methyl sites for hydroxylation is 2. The number of aromatic nitrogens is 3. The lowest BCUT2D eigenvalue weighted by atomic mass is 10.2. The van der Waals surface area contributed by atoms with Crippen molar-refractivity contribution >= 4 is 16.5 Å². The minimum absolute atomic E-state index is 0.341. The van der Waals surface area contributed by atoms with Gasteiger partial charge in [-0.05, 0) is 25.0 Å². The third kappa shape index (κ3) is 3.01. The van der Waals surface area contributed by atoms with Gasteiger partial charge in [0.25, 0.3) is 0 Å². The smallest absolute Gasteiger partial charge is 0.139 e. The predicted molar refractivity (Wildman–Crippen MR) is 76.0 cm³/mol. The molecule has 19 heavy (non-hydrogen) atoms. The van der Waals surface area contributed by atoms with E-state index in [-0.39, 0.29) is 0 Å². The van der Waals surface area contributed by atoms with Gasteiger partial charge in [0.1, 0.15) is 12.2 Å². The molecule has 0 spiro atoms. The third-order valence-corrected chi connectivity index (χ3v) is 4.29. The van der Waals surface area contributed by atoms with Crippen molar-refractivity contribution in [2.45, 2.75) is 37.5 Å². The van der Waals surface area contributed by atoms with E-state index in [9.17, 15) is 4.21 Å². The van der Waals surface area contributed by atoms with Crippen LogP contribution in [0.1, 0.15) is 24.7 Å². The molecular formula is C13H18N4OS. The molecule has 102 valence electrons. The standard InChI is InChI=1S/C13H18N4OS/c1-3-7-17-12(15-9-16-17)8-19(18)11-6-4-5-10(2)13(11)14/h4-6,9H,3,7-8,14H2,1-2H3. The fourth-order valence-electron chi connectivity index (χ4n) is 1.85. The molecule has 0 amide bonds. The topological polar surface area (TPSA) is 73.8 Å². The fourth-order valence-corrected chi connectivity index (χ4v) is 3.10. The van der Waals surface area contributed by atoms with Crippen LogP contribution in [0, 0.1) is 6.92 Å². The van der Waals surface area contributed by atoms with Crippen molar-refractivity contribution in [1.82, 2.24) is 14.8 Å². The van der Waals surface area contributed by atoms with E-state index in [0.29, 0.717) is 16.3 Å². The van der Waals surface area contributed by atoms with Gasteiger partial charge >= 0.3 is 0 Å². The molecule has 6 heteroatoms. The molecule has 0 saturated carbocycles.